The Balaban J connectivity index is 3.11. The van der Waals surface area contributed by atoms with Gasteiger partial charge in [-0.25, -0.2) is 21.8 Å². The molecule has 118 valence electrons. The number of aromatic nitrogens is 1. The van der Waals surface area contributed by atoms with E-state index in [1.807, 2.05) is 4.72 Å². The predicted molar refractivity (Wildman–Crippen MR) is 73.9 cm³/mol. The minimum Gasteiger partial charge on any atom is -0.480 e. The maximum atomic E-state index is 12.0. The fraction of sp³-hybridized carbons (Fsp3) is 0.455. The Morgan fingerprint density at radius 2 is 1.81 bits per heavy atom. The number of aliphatic carboxylic acids is 1. The van der Waals surface area contributed by atoms with Crippen molar-refractivity contribution in [2.45, 2.75) is 29.8 Å². The first-order valence-electron chi connectivity index (χ1n) is 5.86. The molecular weight excluding hydrogens is 320 g/mol. The molecule has 1 rings (SSSR count). The number of nitrogens with zero attached hydrogens (tertiary/aromatic N) is 1. The first-order valence-corrected chi connectivity index (χ1v) is 9.24. The molecule has 1 heterocycles. The summed E-state index contributed by atoms with van der Waals surface area (Å²) in [6, 6.07) is 0.824. The summed E-state index contributed by atoms with van der Waals surface area (Å²) in [5.41, 5.74) is 0. The van der Waals surface area contributed by atoms with Crippen molar-refractivity contribution >= 4 is 25.8 Å². The number of hydrogen-bond acceptors (Lipinski definition) is 6. The Bertz CT molecular complexity index is 722. The van der Waals surface area contributed by atoms with Crippen molar-refractivity contribution in [3.05, 3.63) is 18.3 Å². The molecule has 0 aliphatic heterocycles. The Kier molecular flexibility index (Phi) is 5.07. The molecule has 8 nitrogen and oxygen atoms in total. The van der Waals surface area contributed by atoms with Gasteiger partial charge >= 0.3 is 5.97 Å². The summed E-state index contributed by atoms with van der Waals surface area (Å²) in [6.07, 6.45) is 1.82. The number of sulfonamides is 1. The molecule has 0 aliphatic rings. The zero-order chi connectivity index (χ0) is 16.4. The van der Waals surface area contributed by atoms with Crippen molar-refractivity contribution in [2.24, 2.45) is 5.92 Å². The monoisotopic (exact) mass is 336 g/mol. The van der Waals surface area contributed by atoms with Gasteiger partial charge in [-0.3, -0.25) is 4.79 Å². The highest BCUT2D eigenvalue weighted by Crippen LogP contribution is 2.13. The summed E-state index contributed by atoms with van der Waals surface area (Å²) < 4.78 is 48.6. The van der Waals surface area contributed by atoms with Crippen molar-refractivity contribution in [1.82, 2.24) is 9.71 Å². The number of sulfone groups is 1. The molecule has 1 aromatic heterocycles. The number of pyridine rings is 1. The summed E-state index contributed by atoms with van der Waals surface area (Å²) in [7, 11) is -7.64. The Morgan fingerprint density at radius 3 is 2.14 bits per heavy atom. The number of hydrogen-bond donors (Lipinski definition) is 2. The van der Waals surface area contributed by atoms with E-state index in [-0.39, 0.29) is 9.92 Å². The van der Waals surface area contributed by atoms with Crippen molar-refractivity contribution in [3.8, 4) is 0 Å². The van der Waals surface area contributed by atoms with E-state index < -0.39 is 37.8 Å². The van der Waals surface area contributed by atoms with Gasteiger partial charge in [0, 0.05) is 12.5 Å². The topological polar surface area (TPSA) is 130 Å². The summed E-state index contributed by atoms with van der Waals surface area (Å²) in [4.78, 5) is 14.3. The third kappa shape index (κ3) is 4.48. The lowest BCUT2D eigenvalue weighted by molar-refractivity contribution is -0.140. The Labute approximate surface area is 123 Å². The van der Waals surface area contributed by atoms with E-state index >= 15 is 0 Å². The smallest absolute Gasteiger partial charge is 0.322 e. The number of carboxylic acids is 1. The highest BCUT2D eigenvalue weighted by molar-refractivity contribution is 7.90. The average Bonchev–Trinajstić information content (AvgIpc) is 2.34. The van der Waals surface area contributed by atoms with Crippen LogP contribution in [0.3, 0.4) is 0 Å². The molecule has 0 radical (unpaired) electrons. The SMILES string of the molecule is CC(C)C(NS(=O)(=O)c1ccc(S(C)(=O)=O)nc1)C(=O)O. The zero-order valence-corrected chi connectivity index (χ0v) is 13.3. The van der Waals surface area contributed by atoms with E-state index in [9.17, 15) is 21.6 Å². The molecule has 1 unspecified atom stereocenters. The van der Waals surface area contributed by atoms with Crippen LogP contribution in [0.15, 0.2) is 28.3 Å². The molecule has 0 aliphatic carbocycles. The zero-order valence-electron chi connectivity index (χ0n) is 11.6. The van der Waals surface area contributed by atoms with Gasteiger partial charge in [-0.05, 0) is 18.1 Å². The van der Waals surface area contributed by atoms with Crippen LogP contribution in [-0.2, 0) is 24.7 Å². The third-order valence-electron chi connectivity index (χ3n) is 2.61. The van der Waals surface area contributed by atoms with Gasteiger partial charge in [0.15, 0.2) is 14.9 Å². The van der Waals surface area contributed by atoms with Crippen LogP contribution in [0.25, 0.3) is 0 Å². The van der Waals surface area contributed by atoms with Crippen LogP contribution in [-0.4, -0.2) is 45.2 Å². The number of carbonyl (C=O) groups is 1. The van der Waals surface area contributed by atoms with Crippen molar-refractivity contribution in [2.75, 3.05) is 6.26 Å². The number of rotatable bonds is 6. The second-order valence-corrected chi connectivity index (χ2v) is 8.46. The standard InChI is InChI=1S/C11H16N2O6S2/c1-7(2)10(11(14)15)13-21(18,19)8-4-5-9(12-6-8)20(3,16)17/h4-7,10,13H,1-3H3,(H,14,15). The summed E-state index contributed by atoms with van der Waals surface area (Å²) in [5, 5.41) is 8.72. The lowest BCUT2D eigenvalue weighted by Gasteiger charge is -2.17. The van der Waals surface area contributed by atoms with Crippen LogP contribution in [0, 0.1) is 5.92 Å². The average molecular weight is 336 g/mol. The van der Waals surface area contributed by atoms with Crippen LogP contribution < -0.4 is 4.72 Å². The molecule has 10 heteroatoms. The van der Waals surface area contributed by atoms with E-state index in [1.54, 1.807) is 13.8 Å². The molecule has 2 N–H and O–H groups in total. The molecule has 0 bridgehead atoms. The molecule has 0 saturated heterocycles. The maximum Gasteiger partial charge on any atom is 0.322 e. The molecule has 1 aromatic rings. The fourth-order valence-corrected chi connectivity index (χ4v) is 3.29. The normalized spacial score (nSPS) is 14.1. The second kappa shape index (κ2) is 6.08. The molecular formula is C11H16N2O6S2. The first-order chi connectivity index (χ1) is 9.45. The molecule has 0 fully saturated rings. The van der Waals surface area contributed by atoms with E-state index in [2.05, 4.69) is 4.98 Å². The first kappa shape index (κ1) is 17.5. The molecule has 0 spiro atoms. The van der Waals surface area contributed by atoms with E-state index in [0.29, 0.717) is 0 Å². The molecule has 21 heavy (non-hydrogen) atoms. The summed E-state index contributed by atoms with van der Waals surface area (Å²) in [6.45, 7) is 3.12. The highest BCUT2D eigenvalue weighted by atomic mass is 32.2. The van der Waals surface area contributed by atoms with E-state index in [0.717, 1.165) is 24.6 Å². The third-order valence-corrected chi connectivity index (χ3v) is 5.04. The maximum absolute atomic E-state index is 12.0. The summed E-state index contributed by atoms with van der Waals surface area (Å²) in [5.74, 6) is -1.75. The van der Waals surface area contributed by atoms with Gasteiger partial charge in [0.25, 0.3) is 0 Å². The van der Waals surface area contributed by atoms with Gasteiger partial charge in [0.1, 0.15) is 10.9 Å². The minimum atomic E-state index is -4.10. The second-order valence-electron chi connectivity index (χ2n) is 4.79. The molecule has 0 saturated carbocycles. The lowest BCUT2D eigenvalue weighted by Crippen LogP contribution is -2.44. The van der Waals surface area contributed by atoms with Crippen molar-refractivity contribution in [1.29, 1.82) is 0 Å². The fourth-order valence-electron chi connectivity index (χ4n) is 1.45. The highest BCUT2D eigenvalue weighted by Gasteiger charge is 2.28. The van der Waals surface area contributed by atoms with Gasteiger partial charge in [-0.1, -0.05) is 13.8 Å². The van der Waals surface area contributed by atoms with Gasteiger partial charge in [0.05, 0.1) is 0 Å². The van der Waals surface area contributed by atoms with Gasteiger partial charge in [-0.2, -0.15) is 4.72 Å². The van der Waals surface area contributed by atoms with Crippen molar-refractivity contribution < 1.29 is 26.7 Å². The van der Waals surface area contributed by atoms with Crippen LogP contribution in [0.2, 0.25) is 0 Å². The molecule has 0 aromatic carbocycles. The van der Waals surface area contributed by atoms with Crippen LogP contribution in [0.4, 0.5) is 0 Å². The van der Waals surface area contributed by atoms with Gasteiger partial charge < -0.3 is 5.11 Å². The van der Waals surface area contributed by atoms with E-state index in [4.69, 9.17) is 5.11 Å². The van der Waals surface area contributed by atoms with Crippen LogP contribution in [0.1, 0.15) is 13.8 Å². The van der Waals surface area contributed by atoms with Crippen molar-refractivity contribution in [3.63, 3.8) is 0 Å². The Hall–Kier alpha value is -1.52. The van der Waals surface area contributed by atoms with Gasteiger partial charge in [0.2, 0.25) is 10.0 Å². The van der Waals surface area contributed by atoms with Crippen LogP contribution in [0.5, 0.6) is 0 Å². The molecule has 1 atom stereocenters. The quantitative estimate of drug-likeness (QED) is 0.740. The number of carboxylic acid groups (broad SMARTS) is 1. The number of nitrogens with one attached hydrogen (secondary N) is 1. The lowest BCUT2D eigenvalue weighted by atomic mass is 10.1. The van der Waals surface area contributed by atoms with Crippen LogP contribution >= 0.6 is 0 Å². The molecule has 0 amide bonds. The van der Waals surface area contributed by atoms with E-state index in [1.165, 1.54) is 0 Å². The minimum absolute atomic E-state index is 0.264. The Morgan fingerprint density at radius 1 is 1.24 bits per heavy atom. The van der Waals surface area contributed by atoms with Gasteiger partial charge in [-0.15, -0.1) is 0 Å². The largest absolute Gasteiger partial charge is 0.480 e. The predicted octanol–water partition coefficient (Wildman–Crippen LogP) is -0.127. The summed E-state index contributed by atoms with van der Waals surface area (Å²) >= 11 is 0.